The number of nitrogens with one attached hydrogen (secondary N) is 2. The van der Waals surface area contributed by atoms with Crippen molar-refractivity contribution in [3.05, 3.63) is 63.7 Å². The number of hydrogen-bond acceptors (Lipinski definition) is 6. The molecule has 0 spiro atoms. The zero-order valence-electron chi connectivity index (χ0n) is 17.0. The van der Waals surface area contributed by atoms with Crippen LogP contribution in [-0.4, -0.2) is 29.4 Å². The van der Waals surface area contributed by atoms with Crippen molar-refractivity contribution in [2.24, 2.45) is 5.92 Å². The van der Waals surface area contributed by atoms with Gasteiger partial charge in [0.2, 0.25) is 5.91 Å². The van der Waals surface area contributed by atoms with E-state index in [9.17, 15) is 24.8 Å². The third-order valence-electron chi connectivity index (χ3n) is 4.37. The van der Waals surface area contributed by atoms with Crippen molar-refractivity contribution in [1.29, 1.82) is 0 Å². The number of rotatable bonds is 9. The summed E-state index contributed by atoms with van der Waals surface area (Å²) >= 11 is 0. The van der Waals surface area contributed by atoms with Crippen LogP contribution in [0, 0.1) is 16.0 Å². The number of benzene rings is 2. The highest BCUT2D eigenvalue weighted by molar-refractivity contribution is 5.97. The van der Waals surface area contributed by atoms with Gasteiger partial charge in [0, 0.05) is 24.2 Å². The van der Waals surface area contributed by atoms with E-state index in [-0.39, 0.29) is 23.7 Å². The van der Waals surface area contributed by atoms with Gasteiger partial charge in [-0.05, 0) is 42.7 Å². The van der Waals surface area contributed by atoms with Crippen LogP contribution in [0.1, 0.15) is 36.7 Å². The average Bonchev–Trinajstić information content (AvgIpc) is 2.71. The van der Waals surface area contributed by atoms with Gasteiger partial charge in [-0.15, -0.1) is 5.75 Å². The minimum absolute atomic E-state index is 0.0953. The van der Waals surface area contributed by atoms with E-state index >= 15 is 0 Å². The molecular formula is C21H24N3O6-. The fourth-order valence-electron chi connectivity index (χ4n) is 2.74. The lowest BCUT2D eigenvalue weighted by molar-refractivity contribution is -0.385. The molecule has 160 valence electrons. The van der Waals surface area contributed by atoms with Crippen LogP contribution in [0.25, 0.3) is 0 Å². The van der Waals surface area contributed by atoms with E-state index in [1.807, 2.05) is 6.92 Å². The molecule has 0 saturated heterocycles. The van der Waals surface area contributed by atoms with Gasteiger partial charge in [0.25, 0.3) is 11.6 Å². The van der Waals surface area contributed by atoms with E-state index in [0.29, 0.717) is 17.9 Å². The number of ether oxygens (including phenoxy) is 1. The molecule has 2 aromatic rings. The molecule has 2 aromatic carbocycles. The van der Waals surface area contributed by atoms with Crippen molar-refractivity contribution >= 4 is 17.5 Å². The molecular weight excluding hydrogens is 390 g/mol. The van der Waals surface area contributed by atoms with Gasteiger partial charge in [-0.1, -0.05) is 19.9 Å². The maximum absolute atomic E-state index is 12.6. The van der Waals surface area contributed by atoms with E-state index in [1.165, 1.54) is 0 Å². The fourth-order valence-corrected chi connectivity index (χ4v) is 2.74. The molecule has 9 nitrogen and oxygen atoms in total. The van der Waals surface area contributed by atoms with Crippen LogP contribution < -0.4 is 20.5 Å². The van der Waals surface area contributed by atoms with Gasteiger partial charge in [0.15, 0.2) is 0 Å². The number of non-ortho nitro benzene ring substituents is 1. The first-order chi connectivity index (χ1) is 14.2. The molecule has 30 heavy (non-hydrogen) atoms. The van der Waals surface area contributed by atoms with Crippen LogP contribution in [0.4, 0.5) is 5.69 Å². The molecule has 2 N–H and O–H groups in total. The Kier molecular flexibility index (Phi) is 7.74. The van der Waals surface area contributed by atoms with Gasteiger partial charge >= 0.3 is 0 Å². The number of carbonyl (C=O) groups excluding carboxylic acids is 2. The number of nitro groups is 1. The summed E-state index contributed by atoms with van der Waals surface area (Å²) in [6.45, 7) is 5.73. The molecule has 9 heteroatoms. The first-order valence-corrected chi connectivity index (χ1v) is 9.48. The number of amides is 2. The Morgan fingerprint density at radius 3 is 2.37 bits per heavy atom. The van der Waals surface area contributed by atoms with Crippen LogP contribution in [0.2, 0.25) is 0 Å². The largest absolute Gasteiger partial charge is 0.872 e. The number of hydrogen-bond donors (Lipinski definition) is 2. The summed E-state index contributed by atoms with van der Waals surface area (Å²) < 4.78 is 5.34. The van der Waals surface area contributed by atoms with Crippen LogP contribution >= 0.6 is 0 Å². The topological polar surface area (TPSA) is 134 Å². The quantitative estimate of drug-likeness (QED) is 0.477. The zero-order chi connectivity index (χ0) is 22.3. The first kappa shape index (κ1) is 22.7. The minimum atomic E-state index is -0.849. The fraction of sp³-hybridized carbons (Fsp3) is 0.333. The molecule has 0 heterocycles. The molecule has 0 fully saturated rings. The van der Waals surface area contributed by atoms with Gasteiger partial charge in [-0.25, -0.2) is 0 Å². The molecule has 0 bridgehead atoms. The highest BCUT2D eigenvalue weighted by Gasteiger charge is 2.24. The first-order valence-electron chi connectivity index (χ1n) is 9.48. The summed E-state index contributed by atoms with van der Waals surface area (Å²) in [6, 6.07) is 9.02. The lowest BCUT2D eigenvalue weighted by Crippen LogP contribution is -2.49. The summed E-state index contributed by atoms with van der Waals surface area (Å²) in [6.07, 6.45) is 0. The Bertz CT molecular complexity index is 911. The summed E-state index contributed by atoms with van der Waals surface area (Å²) in [5, 5.41) is 28.0. The Balaban J connectivity index is 2.05. The summed E-state index contributed by atoms with van der Waals surface area (Å²) in [5.41, 5.74) is 0.235. The van der Waals surface area contributed by atoms with Crippen molar-refractivity contribution in [3.63, 3.8) is 0 Å². The van der Waals surface area contributed by atoms with E-state index in [1.54, 1.807) is 38.1 Å². The standard InChI is InChI=1S/C21H25N3O6/c1-4-30-17-8-5-14(6-9-17)20(26)23-19(13(2)3)21(27)22-12-15-11-16(24(28)29)7-10-18(15)25/h5-11,13,19,25H,4,12H2,1-3H3,(H,22,27)(H,23,26)/p-1/t19-/m0/s1. The second-order valence-electron chi connectivity index (χ2n) is 6.92. The SMILES string of the molecule is CCOc1ccc(C(=O)N[C@H](C(=O)NCc2cc([N+](=O)[O-])ccc2[O-])C(C)C)cc1. The molecule has 0 aliphatic heterocycles. The molecule has 0 radical (unpaired) electrons. The third kappa shape index (κ3) is 5.94. The van der Waals surface area contributed by atoms with Gasteiger partial charge in [0.1, 0.15) is 11.8 Å². The van der Waals surface area contributed by atoms with Crippen LogP contribution in [0.15, 0.2) is 42.5 Å². The van der Waals surface area contributed by atoms with E-state index < -0.39 is 28.5 Å². The van der Waals surface area contributed by atoms with Crippen molar-refractivity contribution in [3.8, 4) is 11.5 Å². The highest BCUT2D eigenvalue weighted by atomic mass is 16.6. The smallest absolute Gasteiger partial charge is 0.269 e. The zero-order valence-corrected chi connectivity index (χ0v) is 17.0. The van der Waals surface area contributed by atoms with Crippen molar-refractivity contribution in [1.82, 2.24) is 10.6 Å². The summed E-state index contributed by atoms with van der Waals surface area (Å²) in [4.78, 5) is 35.4. The second-order valence-corrected chi connectivity index (χ2v) is 6.92. The molecule has 2 amide bonds. The lowest BCUT2D eigenvalue weighted by atomic mass is 10.0. The second kappa shape index (κ2) is 10.2. The Morgan fingerprint density at radius 1 is 1.13 bits per heavy atom. The normalized spacial score (nSPS) is 11.6. The van der Waals surface area contributed by atoms with Gasteiger partial charge in [-0.3, -0.25) is 19.7 Å². The maximum atomic E-state index is 12.6. The minimum Gasteiger partial charge on any atom is -0.872 e. The van der Waals surface area contributed by atoms with Crippen molar-refractivity contribution in [2.45, 2.75) is 33.4 Å². The summed E-state index contributed by atoms with van der Waals surface area (Å²) in [5.74, 6) is -0.923. The molecule has 0 unspecified atom stereocenters. The Labute approximate surface area is 174 Å². The Morgan fingerprint density at radius 2 is 1.80 bits per heavy atom. The molecule has 0 aliphatic carbocycles. The van der Waals surface area contributed by atoms with Crippen LogP contribution in [-0.2, 0) is 11.3 Å². The number of nitrogens with zero attached hydrogens (tertiary/aromatic N) is 1. The predicted octanol–water partition coefficient (Wildman–Crippen LogP) is 2.14. The van der Waals surface area contributed by atoms with Crippen LogP contribution in [0.3, 0.4) is 0 Å². The van der Waals surface area contributed by atoms with Gasteiger partial charge in [0.05, 0.1) is 11.5 Å². The van der Waals surface area contributed by atoms with Gasteiger partial charge < -0.3 is 20.5 Å². The van der Waals surface area contributed by atoms with Crippen molar-refractivity contribution in [2.75, 3.05) is 6.61 Å². The maximum Gasteiger partial charge on any atom is 0.269 e. The van der Waals surface area contributed by atoms with Crippen LogP contribution in [0.5, 0.6) is 11.5 Å². The molecule has 0 aromatic heterocycles. The van der Waals surface area contributed by atoms with E-state index in [4.69, 9.17) is 4.74 Å². The molecule has 0 saturated carbocycles. The number of nitro benzene ring substituents is 1. The van der Waals surface area contributed by atoms with E-state index in [0.717, 1.165) is 18.2 Å². The highest BCUT2D eigenvalue weighted by Crippen LogP contribution is 2.20. The average molecular weight is 414 g/mol. The van der Waals surface area contributed by atoms with E-state index in [2.05, 4.69) is 10.6 Å². The van der Waals surface area contributed by atoms with Crippen molar-refractivity contribution < 1.29 is 24.4 Å². The number of carbonyl (C=O) groups is 2. The Hall–Kier alpha value is -3.62. The molecule has 2 rings (SSSR count). The third-order valence-corrected chi connectivity index (χ3v) is 4.37. The summed E-state index contributed by atoms with van der Waals surface area (Å²) in [7, 11) is 0. The molecule has 1 atom stereocenters. The lowest BCUT2D eigenvalue weighted by Gasteiger charge is -2.22. The predicted molar refractivity (Wildman–Crippen MR) is 108 cm³/mol. The van der Waals surface area contributed by atoms with Gasteiger partial charge in [-0.2, -0.15) is 0 Å². The molecule has 0 aliphatic rings. The monoisotopic (exact) mass is 414 g/mol.